The van der Waals surface area contributed by atoms with Crippen LogP contribution in [-0.4, -0.2) is 30.3 Å². The van der Waals surface area contributed by atoms with Gasteiger partial charge in [-0.25, -0.2) is 4.79 Å². The molecule has 4 heteroatoms. The van der Waals surface area contributed by atoms with Crippen molar-refractivity contribution in [3.05, 3.63) is 47.5 Å². The molecule has 0 aliphatic heterocycles. The summed E-state index contributed by atoms with van der Waals surface area (Å²) in [6.45, 7) is 5.40. The van der Waals surface area contributed by atoms with Gasteiger partial charge in [-0.2, -0.15) is 0 Å². The first kappa shape index (κ1) is 17.0. The molecule has 1 aromatic rings. The number of benzene rings is 1. The van der Waals surface area contributed by atoms with Crippen LogP contribution in [0.3, 0.4) is 0 Å². The Morgan fingerprint density at radius 2 is 2.08 bits per heavy atom. The molecule has 0 fully saturated rings. The van der Waals surface area contributed by atoms with Crippen LogP contribution >= 0.6 is 0 Å². The van der Waals surface area contributed by atoms with E-state index >= 15 is 0 Å². The van der Waals surface area contributed by atoms with Gasteiger partial charge in [-0.3, -0.25) is 0 Å². The Morgan fingerprint density at radius 1 is 1.29 bits per heavy atom. The zero-order valence-electron chi connectivity index (χ0n) is 14.6. The summed E-state index contributed by atoms with van der Waals surface area (Å²) in [7, 11) is 0. The molecule has 0 heterocycles. The second kappa shape index (κ2) is 6.98. The molecule has 1 aromatic carbocycles. The van der Waals surface area contributed by atoms with Gasteiger partial charge in [-0.15, -0.1) is 0 Å². The summed E-state index contributed by atoms with van der Waals surface area (Å²) in [6.07, 6.45) is 6.97. The Morgan fingerprint density at radius 3 is 2.83 bits per heavy atom. The maximum Gasteiger partial charge on any atom is 0.315 e. The molecule has 3 atom stereocenters. The Bertz CT molecular complexity index is 624. The van der Waals surface area contributed by atoms with Gasteiger partial charge in [0.2, 0.25) is 0 Å². The van der Waals surface area contributed by atoms with Gasteiger partial charge >= 0.3 is 6.03 Å². The van der Waals surface area contributed by atoms with Gasteiger partial charge in [0.15, 0.2) is 0 Å². The third kappa shape index (κ3) is 3.64. The van der Waals surface area contributed by atoms with Gasteiger partial charge < -0.3 is 15.7 Å². The van der Waals surface area contributed by atoms with Crippen LogP contribution in [0.5, 0.6) is 0 Å². The van der Waals surface area contributed by atoms with Crippen LogP contribution < -0.4 is 10.6 Å². The largest absolute Gasteiger partial charge is 0.396 e. The van der Waals surface area contributed by atoms with E-state index in [9.17, 15) is 4.79 Å². The Balaban J connectivity index is 1.56. The first-order valence-corrected chi connectivity index (χ1v) is 8.92. The molecule has 3 rings (SSSR count). The number of hydrogen-bond donors (Lipinski definition) is 3. The molecule has 3 N–H and O–H groups in total. The molecular weight excluding hydrogens is 300 g/mol. The van der Waals surface area contributed by atoms with E-state index in [4.69, 9.17) is 5.11 Å². The summed E-state index contributed by atoms with van der Waals surface area (Å²) in [5.74, 6) is 0.548. The second-order valence-corrected chi connectivity index (χ2v) is 7.73. The molecule has 4 nitrogen and oxygen atoms in total. The summed E-state index contributed by atoms with van der Waals surface area (Å²) in [4.78, 5) is 12.2. The van der Waals surface area contributed by atoms with Gasteiger partial charge in [-0.05, 0) is 35.8 Å². The van der Waals surface area contributed by atoms with Gasteiger partial charge in [-0.1, -0.05) is 50.3 Å². The van der Waals surface area contributed by atoms with Crippen molar-refractivity contribution in [1.82, 2.24) is 10.6 Å². The van der Waals surface area contributed by atoms with Crippen LogP contribution in [0.25, 0.3) is 0 Å². The molecule has 0 saturated heterocycles. The van der Waals surface area contributed by atoms with Crippen molar-refractivity contribution in [3.63, 3.8) is 0 Å². The Kier molecular flexibility index (Phi) is 4.95. The molecule has 0 aromatic heterocycles. The van der Waals surface area contributed by atoms with Crippen molar-refractivity contribution >= 4 is 6.03 Å². The molecule has 2 aliphatic carbocycles. The van der Waals surface area contributed by atoms with Crippen molar-refractivity contribution in [1.29, 1.82) is 0 Å². The molecule has 130 valence electrons. The fourth-order valence-corrected chi connectivity index (χ4v) is 3.96. The van der Waals surface area contributed by atoms with Crippen molar-refractivity contribution < 1.29 is 9.90 Å². The molecule has 0 radical (unpaired) electrons. The number of fused-ring (bicyclic) bond motifs is 1. The zero-order chi connectivity index (χ0) is 17.2. The molecule has 24 heavy (non-hydrogen) atoms. The average Bonchev–Trinajstić information content (AvgIpc) is 3.02. The van der Waals surface area contributed by atoms with Crippen LogP contribution in [0.15, 0.2) is 36.4 Å². The minimum absolute atomic E-state index is 0.0275. The summed E-state index contributed by atoms with van der Waals surface area (Å²) < 4.78 is 0. The van der Waals surface area contributed by atoms with E-state index in [1.54, 1.807) is 0 Å². The van der Waals surface area contributed by atoms with Crippen LogP contribution in [-0.2, 0) is 5.41 Å². The summed E-state index contributed by atoms with van der Waals surface area (Å²) >= 11 is 0. The number of aliphatic hydroxyl groups is 1. The quantitative estimate of drug-likeness (QED) is 0.744. The van der Waals surface area contributed by atoms with Crippen molar-refractivity contribution in [2.24, 2.45) is 5.92 Å². The topological polar surface area (TPSA) is 61.4 Å². The van der Waals surface area contributed by atoms with E-state index in [0.717, 1.165) is 19.3 Å². The van der Waals surface area contributed by atoms with Crippen LogP contribution in [0.1, 0.15) is 50.2 Å². The lowest BCUT2D eigenvalue weighted by Gasteiger charge is -2.37. The number of amides is 2. The molecule has 0 saturated carbocycles. The number of urea groups is 1. The van der Waals surface area contributed by atoms with Crippen LogP contribution in [0.2, 0.25) is 0 Å². The maximum absolute atomic E-state index is 12.2. The molecule has 2 amide bonds. The minimum Gasteiger partial charge on any atom is -0.396 e. The number of rotatable bonds is 4. The normalized spacial score (nSPS) is 27.5. The highest BCUT2D eigenvalue weighted by Gasteiger charge is 2.32. The van der Waals surface area contributed by atoms with Crippen LogP contribution in [0, 0.1) is 5.92 Å². The number of carbonyl (C=O) groups excluding carboxylic acids is 1. The van der Waals surface area contributed by atoms with E-state index in [1.165, 1.54) is 11.1 Å². The minimum atomic E-state index is -0.120. The fourth-order valence-electron chi connectivity index (χ4n) is 3.96. The number of nitrogens with one attached hydrogen (secondary N) is 2. The van der Waals surface area contributed by atoms with Crippen LogP contribution in [0.4, 0.5) is 4.79 Å². The first-order chi connectivity index (χ1) is 11.5. The molecule has 0 bridgehead atoms. The van der Waals surface area contributed by atoms with Gasteiger partial charge in [0.1, 0.15) is 0 Å². The zero-order valence-corrected chi connectivity index (χ0v) is 14.6. The average molecular weight is 328 g/mol. The smallest absolute Gasteiger partial charge is 0.315 e. The van der Waals surface area contributed by atoms with Crippen molar-refractivity contribution in [2.75, 3.05) is 13.2 Å². The number of aliphatic hydroxyl groups excluding tert-OH is 1. The van der Waals surface area contributed by atoms with Crippen molar-refractivity contribution in [3.8, 4) is 0 Å². The van der Waals surface area contributed by atoms with E-state index in [1.807, 2.05) is 12.2 Å². The van der Waals surface area contributed by atoms with E-state index in [0.29, 0.717) is 12.5 Å². The maximum atomic E-state index is 12.2. The fraction of sp³-hybridized carbons (Fsp3) is 0.550. The van der Waals surface area contributed by atoms with Crippen molar-refractivity contribution in [2.45, 2.75) is 50.5 Å². The van der Waals surface area contributed by atoms with E-state index < -0.39 is 0 Å². The predicted octanol–water partition coefficient (Wildman–Crippen LogP) is 3.08. The Labute approximate surface area is 144 Å². The lowest BCUT2D eigenvalue weighted by atomic mass is 9.69. The summed E-state index contributed by atoms with van der Waals surface area (Å²) in [6, 6.07) is 8.52. The van der Waals surface area contributed by atoms with Gasteiger partial charge in [0, 0.05) is 31.0 Å². The third-order valence-corrected chi connectivity index (χ3v) is 5.48. The highest BCUT2D eigenvalue weighted by atomic mass is 16.3. The first-order valence-electron chi connectivity index (χ1n) is 8.92. The lowest BCUT2D eigenvalue weighted by Crippen LogP contribution is -2.43. The predicted molar refractivity (Wildman–Crippen MR) is 96.1 cm³/mol. The summed E-state index contributed by atoms with van der Waals surface area (Å²) in [5.41, 5.74) is 2.99. The molecular formula is C20H28N2O2. The highest BCUT2D eigenvalue weighted by molar-refractivity contribution is 5.74. The van der Waals surface area contributed by atoms with E-state index in [-0.39, 0.29) is 30.0 Å². The number of hydrogen-bond acceptors (Lipinski definition) is 2. The standard InChI is InChI=1S/C20H28N2O2/c1-20(2)10-9-15(17-5-3-4-6-18(17)20)12-21-19(24)22-16-8-7-14(11-16)13-23/h3-8,14-16,23H,9-13H2,1-2H3,(H2,21,22,24)/t14-,15?,16+/m0/s1. The summed E-state index contributed by atoms with van der Waals surface area (Å²) in [5, 5.41) is 15.2. The molecule has 0 spiro atoms. The lowest BCUT2D eigenvalue weighted by molar-refractivity contribution is 0.230. The SMILES string of the molecule is CC1(C)CCC(CNC(=O)N[C@@H]2C=C[C@H](CO)C2)c2ccccc21. The highest BCUT2D eigenvalue weighted by Crippen LogP contribution is 2.42. The Hall–Kier alpha value is -1.81. The number of carbonyl (C=O) groups is 1. The van der Waals surface area contributed by atoms with Gasteiger partial charge in [0.05, 0.1) is 0 Å². The van der Waals surface area contributed by atoms with E-state index in [2.05, 4.69) is 48.7 Å². The molecule has 2 aliphatic rings. The van der Waals surface area contributed by atoms with Gasteiger partial charge in [0.25, 0.3) is 0 Å². The monoisotopic (exact) mass is 328 g/mol. The second-order valence-electron chi connectivity index (χ2n) is 7.73. The molecule has 1 unspecified atom stereocenters. The third-order valence-electron chi connectivity index (χ3n) is 5.48.